The summed E-state index contributed by atoms with van der Waals surface area (Å²) in [7, 11) is 1.78. The Kier molecular flexibility index (Phi) is 5.22. The molecule has 0 radical (unpaired) electrons. The van der Waals surface area contributed by atoms with Gasteiger partial charge in [-0.15, -0.1) is 0 Å². The molecule has 110 valence electrons. The number of carbonyl (C=O) groups excluding carboxylic acids is 1. The van der Waals surface area contributed by atoms with Crippen LogP contribution in [0, 0.1) is 0 Å². The Bertz CT molecular complexity index is 291. The lowest BCUT2D eigenvalue weighted by Crippen LogP contribution is -2.52. The number of hydrogen-bond donors (Lipinski definition) is 0. The van der Waals surface area contributed by atoms with E-state index in [1.807, 2.05) is 0 Å². The summed E-state index contributed by atoms with van der Waals surface area (Å²) in [4.78, 5) is 16.9. The third-order valence-electron chi connectivity index (χ3n) is 4.71. The standard InChI is InChI=1S/C15H28N2O2/c1-12-5-4-6-13(2)17(12)15(18)11-16-9-7-14(19-3)8-10-16/h12-14H,4-11H2,1-3H3. The Morgan fingerprint density at radius 1 is 1.11 bits per heavy atom. The van der Waals surface area contributed by atoms with Crippen LogP contribution in [0.15, 0.2) is 0 Å². The predicted octanol–water partition coefficient (Wildman–Crippen LogP) is 1.89. The van der Waals surface area contributed by atoms with Crippen LogP contribution in [0.25, 0.3) is 0 Å². The minimum Gasteiger partial charge on any atom is -0.381 e. The molecule has 2 atom stereocenters. The van der Waals surface area contributed by atoms with Gasteiger partial charge < -0.3 is 9.64 Å². The summed E-state index contributed by atoms with van der Waals surface area (Å²) >= 11 is 0. The van der Waals surface area contributed by atoms with Crippen LogP contribution in [0.1, 0.15) is 46.0 Å². The van der Waals surface area contributed by atoms with E-state index in [2.05, 4.69) is 23.6 Å². The number of rotatable bonds is 3. The van der Waals surface area contributed by atoms with Crippen molar-refractivity contribution in [3.8, 4) is 0 Å². The van der Waals surface area contributed by atoms with E-state index in [9.17, 15) is 4.79 Å². The van der Waals surface area contributed by atoms with Crippen LogP contribution in [0.2, 0.25) is 0 Å². The van der Waals surface area contributed by atoms with Gasteiger partial charge in [0.2, 0.25) is 5.91 Å². The molecule has 2 aliphatic rings. The van der Waals surface area contributed by atoms with Crippen molar-refractivity contribution in [1.29, 1.82) is 0 Å². The molecule has 2 fully saturated rings. The van der Waals surface area contributed by atoms with Crippen molar-refractivity contribution in [3.63, 3.8) is 0 Å². The van der Waals surface area contributed by atoms with Crippen molar-refractivity contribution < 1.29 is 9.53 Å². The molecule has 2 aliphatic heterocycles. The summed E-state index contributed by atoms with van der Waals surface area (Å²) in [6.45, 7) is 6.93. The van der Waals surface area contributed by atoms with Gasteiger partial charge in [0.1, 0.15) is 0 Å². The Labute approximate surface area is 117 Å². The van der Waals surface area contributed by atoms with Crippen molar-refractivity contribution in [2.45, 2.75) is 64.1 Å². The number of hydrogen-bond acceptors (Lipinski definition) is 3. The van der Waals surface area contributed by atoms with Gasteiger partial charge in [0.05, 0.1) is 12.6 Å². The zero-order valence-electron chi connectivity index (χ0n) is 12.6. The van der Waals surface area contributed by atoms with Gasteiger partial charge in [-0.1, -0.05) is 0 Å². The normalized spacial score (nSPS) is 30.6. The molecule has 0 aromatic rings. The van der Waals surface area contributed by atoms with Crippen molar-refractivity contribution in [3.05, 3.63) is 0 Å². The fraction of sp³-hybridized carbons (Fsp3) is 0.933. The van der Waals surface area contributed by atoms with E-state index in [4.69, 9.17) is 4.74 Å². The first-order chi connectivity index (χ1) is 9.11. The smallest absolute Gasteiger partial charge is 0.237 e. The highest BCUT2D eigenvalue weighted by molar-refractivity contribution is 5.79. The van der Waals surface area contributed by atoms with Crippen LogP contribution >= 0.6 is 0 Å². The Morgan fingerprint density at radius 2 is 1.68 bits per heavy atom. The molecule has 1 amide bonds. The highest BCUT2D eigenvalue weighted by atomic mass is 16.5. The maximum absolute atomic E-state index is 12.5. The highest BCUT2D eigenvalue weighted by Crippen LogP contribution is 2.23. The average molecular weight is 268 g/mol. The predicted molar refractivity (Wildman–Crippen MR) is 76.1 cm³/mol. The van der Waals surface area contributed by atoms with Gasteiger partial charge in [0, 0.05) is 32.3 Å². The van der Waals surface area contributed by atoms with Gasteiger partial charge in [0.25, 0.3) is 0 Å². The number of likely N-dealkylation sites (tertiary alicyclic amines) is 2. The third kappa shape index (κ3) is 3.69. The van der Waals surface area contributed by atoms with E-state index in [0.29, 0.717) is 30.6 Å². The molecule has 4 nitrogen and oxygen atoms in total. The lowest BCUT2D eigenvalue weighted by atomic mass is 9.97. The summed E-state index contributed by atoms with van der Waals surface area (Å²) in [5.41, 5.74) is 0. The van der Waals surface area contributed by atoms with Crippen LogP contribution in [0.4, 0.5) is 0 Å². The maximum atomic E-state index is 12.5. The molecule has 0 spiro atoms. The van der Waals surface area contributed by atoms with Crippen molar-refractivity contribution in [2.75, 3.05) is 26.7 Å². The van der Waals surface area contributed by atoms with Crippen molar-refractivity contribution in [2.24, 2.45) is 0 Å². The molecular formula is C15H28N2O2. The Balaban J connectivity index is 1.83. The fourth-order valence-electron chi connectivity index (χ4n) is 3.49. The second kappa shape index (κ2) is 6.71. The molecule has 0 aromatic carbocycles. The highest BCUT2D eigenvalue weighted by Gasteiger charge is 2.30. The molecule has 0 aromatic heterocycles. The molecule has 2 saturated heterocycles. The molecule has 2 rings (SSSR count). The zero-order chi connectivity index (χ0) is 13.8. The van der Waals surface area contributed by atoms with Gasteiger partial charge in [-0.2, -0.15) is 0 Å². The quantitative estimate of drug-likeness (QED) is 0.783. The average Bonchev–Trinajstić information content (AvgIpc) is 2.39. The first-order valence-electron chi connectivity index (χ1n) is 7.68. The first-order valence-corrected chi connectivity index (χ1v) is 7.68. The first kappa shape index (κ1) is 14.8. The molecule has 4 heteroatoms. The molecule has 19 heavy (non-hydrogen) atoms. The van der Waals surface area contributed by atoms with E-state index < -0.39 is 0 Å². The lowest BCUT2D eigenvalue weighted by molar-refractivity contribution is -0.139. The van der Waals surface area contributed by atoms with Crippen molar-refractivity contribution >= 4 is 5.91 Å². The second-order valence-electron chi connectivity index (χ2n) is 6.14. The van der Waals surface area contributed by atoms with Crippen LogP contribution in [0.5, 0.6) is 0 Å². The number of ether oxygens (including phenoxy) is 1. The van der Waals surface area contributed by atoms with E-state index in [1.165, 1.54) is 6.42 Å². The van der Waals surface area contributed by atoms with Gasteiger partial charge in [-0.25, -0.2) is 0 Å². The molecule has 0 saturated carbocycles. The second-order valence-corrected chi connectivity index (χ2v) is 6.14. The zero-order valence-corrected chi connectivity index (χ0v) is 12.6. The molecule has 0 bridgehead atoms. The SMILES string of the molecule is COC1CCN(CC(=O)N2C(C)CCCC2C)CC1. The molecular weight excluding hydrogens is 240 g/mol. The van der Waals surface area contributed by atoms with E-state index in [-0.39, 0.29) is 0 Å². The molecule has 0 aliphatic carbocycles. The summed E-state index contributed by atoms with van der Waals surface area (Å²) < 4.78 is 5.37. The van der Waals surface area contributed by atoms with E-state index >= 15 is 0 Å². The van der Waals surface area contributed by atoms with Crippen LogP contribution in [0.3, 0.4) is 0 Å². The van der Waals surface area contributed by atoms with Gasteiger partial charge in [-0.3, -0.25) is 9.69 Å². The van der Waals surface area contributed by atoms with E-state index in [0.717, 1.165) is 38.8 Å². The monoisotopic (exact) mass is 268 g/mol. The summed E-state index contributed by atoms with van der Waals surface area (Å²) in [5, 5.41) is 0. The Morgan fingerprint density at radius 3 is 2.21 bits per heavy atom. The van der Waals surface area contributed by atoms with Crippen molar-refractivity contribution in [1.82, 2.24) is 9.80 Å². The third-order valence-corrected chi connectivity index (χ3v) is 4.71. The number of methoxy groups -OCH3 is 1. The van der Waals surface area contributed by atoms with Gasteiger partial charge in [0.15, 0.2) is 0 Å². The Hall–Kier alpha value is -0.610. The lowest BCUT2D eigenvalue weighted by Gasteiger charge is -2.41. The fourth-order valence-corrected chi connectivity index (χ4v) is 3.49. The minimum absolute atomic E-state index is 0.315. The maximum Gasteiger partial charge on any atom is 0.237 e. The topological polar surface area (TPSA) is 32.8 Å². The number of amides is 1. The largest absolute Gasteiger partial charge is 0.381 e. The molecule has 2 unspecified atom stereocenters. The summed E-state index contributed by atoms with van der Waals surface area (Å²) in [6, 6.07) is 0.820. The molecule has 0 N–H and O–H groups in total. The number of piperidine rings is 2. The minimum atomic E-state index is 0.315. The summed E-state index contributed by atoms with van der Waals surface area (Å²) in [5.74, 6) is 0.315. The van der Waals surface area contributed by atoms with Crippen LogP contribution in [-0.2, 0) is 9.53 Å². The number of carbonyl (C=O) groups is 1. The van der Waals surface area contributed by atoms with Crippen LogP contribution < -0.4 is 0 Å². The van der Waals surface area contributed by atoms with Crippen LogP contribution in [-0.4, -0.2) is 60.6 Å². The summed E-state index contributed by atoms with van der Waals surface area (Å²) in [6.07, 6.45) is 6.05. The van der Waals surface area contributed by atoms with Gasteiger partial charge >= 0.3 is 0 Å². The number of nitrogens with zero attached hydrogens (tertiary/aromatic N) is 2. The molecule has 2 heterocycles. The van der Waals surface area contributed by atoms with Gasteiger partial charge in [-0.05, 0) is 46.0 Å². The van der Waals surface area contributed by atoms with E-state index in [1.54, 1.807) is 7.11 Å².